The molecule has 3 atom stereocenters. The Bertz CT molecular complexity index is 217. The number of fused-ring (bicyclic) bond motifs is 1. The molecule has 2 aliphatic rings. The highest BCUT2D eigenvalue weighted by molar-refractivity contribution is 5.07. The Balaban J connectivity index is 2.03. The third kappa shape index (κ3) is 1.39. The summed E-state index contributed by atoms with van der Waals surface area (Å²) >= 11 is 0. The van der Waals surface area contributed by atoms with Gasteiger partial charge in [0.25, 0.3) is 0 Å². The molecular formula is C11H20FN. The van der Waals surface area contributed by atoms with Crippen LogP contribution in [0.25, 0.3) is 0 Å². The summed E-state index contributed by atoms with van der Waals surface area (Å²) in [4.78, 5) is 2.42. The van der Waals surface area contributed by atoms with E-state index in [1.54, 1.807) is 6.92 Å². The van der Waals surface area contributed by atoms with Crippen molar-refractivity contribution in [2.24, 2.45) is 11.8 Å². The highest BCUT2D eigenvalue weighted by Crippen LogP contribution is 2.51. The monoisotopic (exact) mass is 185 g/mol. The van der Waals surface area contributed by atoms with Gasteiger partial charge in [0, 0.05) is 24.5 Å². The summed E-state index contributed by atoms with van der Waals surface area (Å²) in [5.41, 5.74) is -0.655. The molecule has 0 spiro atoms. The van der Waals surface area contributed by atoms with Crippen LogP contribution in [0, 0.1) is 11.8 Å². The van der Waals surface area contributed by atoms with E-state index in [0.29, 0.717) is 11.8 Å². The van der Waals surface area contributed by atoms with Crippen molar-refractivity contribution in [3.05, 3.63) is 0 Å². The number of nitrogens with zero attached hydrogens (tertiary/aromatic N) is 1. The van der Waals surface area contributed by atoms with Gasteiger partial charge in [-0.05, 0) is 40.0 Å². The molecule has 76 valence electrons. The zero-order valence-electron chi connectivity index (χ0n) is 9.10. The van der Waals surface area contributed by atoms with Crippen molar-refractivity contribution in [3.63, 3.8) is 0 Å². The Morgan fingerprint density at radius 2 is 1.92 bits per heavy atom. The molecule has 1 aliphatic heterocycles. The molecule has 0 N–H and O–H groups in total. The van der Waals surface area contributed by atoms with Gasteiger partial charge in [-0.25, -0.2) is 4.39 Å². The lowest BCUT2D eigenvalue weighted by Gasteiger charge is -2.43. The van der Waals surface area contributed by atoms with Gasteiger partial charge in [0.1, 0.15) is 5.67 Å². The second-order valence-electron chi connectivity index (χ2n) is 5.92. The van der Waals surface area contributed by atoms with Crippen LogP contribution in [0.5, 0.6) is 0 Å². The fourth-order valence-corrected chi connectivity index (χ4v) is 2.81. The first-order valence-corrected chi connectivity index (χ1v) is 5.25. The van der Waals surface area contributed by atoms with E-state index >= 15 is 0 Å². The van der Waals surface area contributed by atoms with Gasteiger partial charge in [-0.3, -0.25) is 4.90 Å². The van der Waals surface area contributed by atoms with Crippen LogP contribution in [0.15, 0.2) is 0 Å². The fourth-order valence-electron chi connectivity index (χ4n) is 2.81. The molecular weight excluding hydrogens is 165 g/mol. The van der Waals surface area contributed by atoms with Crippen molar-refractivity contribution in [2.75, 3.05) is 13.1 Å². The van der Waals surface area contributed by atoms with Gasteiger partial charge in [-0.15, -0.1) is 0 Å². The summed E-state index contributed by atoms with van der Waals surface area (Å²) in [5.74, 6) is 0.945. The average molecular weight is 185 g/mol. The van der Waals surface area contributed by atoms with Gasteiger partial charge in [0.2, 0.25) is 0 Å². The molecule has 0 aromatic rings. The van der Waals surface area contributed by atoms with Crippen molar-refractivity contribution < 1.29 is 4.39 Å². The van der Waals surface area contributed by atoms with Gasteiger partial charge < -0.3 is 0 Å². The average Bonchev–Trinajstić information content (AvgIpc) is 2.26. The summed E-state index contributed by atoms with van der Waals surface area (Å²) in [5, 5.41) is 0. The van der Waals surface area contributed by atoms with Crippen LogP contribution in [0.4, 0.5) is 4.39 Å². The van der Waals surface area contributed by atoms with E-state index in [9.17, 15) is 4.39 Å². The maximum atomic E-state index is 13.7. The number of rotatable bonds is 0. The van der Waals surface area contributed by atoms with Gasteiger partial charge in [-0.2, -0.15) is 0 Å². The molecule has 13 heavy (non-hydrogen) atoms. The van der Waals surface area contributed by atoms with Crippen molar-refractivity contribution in [1.29, 1.82) is 0 Å². The van der Waals surface area contributed by atoms with Gasteiger partial charge in [-0.1, -0.05) is 0 Å². The van der Waals surface area contributed by atoms with E-state index in [2.05, 4.69) is 25.7 Å². The van der Waals surface area contributed by atoms with Crippen LogP contribution < -0.4 is 0 Å². The standard InChI is InChI=1S/C11H20FN/c1-10(2,3)13-6-8-5-11(4,12)9(8)7-13/h8-9H,5-7H2,1-4H3. The van der Waals surface area contributed by atoms with Gasteiger partial charge >= 0.3 is 0 Å². The Morgan fingerprint density at radius 1 is 1.31 bits per heavy atom. The molecule has 0 amide bonds. The molecule has 1 heterocycles. The molecule has 3 unspecified atom stereocenters. The van der Waals surface area contributed by atoms with Crippen LogP contribution in [0.2, 0.25) is 0 Å². The third-order valence-electron chi connectivity index (χ3n) is 3.82. The molecule has 2 rings (SSSR count). The zero-order chi connectivity index (χ0) is 9.85. The quantitative estimate of drug-likeness (QED) is 0.560. The predicted molar refractivity (Wildman–Crippen MR) is 52.4 cm³/mol. The molecule has 0 radical (unpaired) electrons. The molecule has 0 aromatic carbocycles. The Labute approximate surface area is 80.3 Å². The summed E-state index contributed by atoms with van der Waals surface area (Å²) in [6.07, 6.45) is 0.782. The lowest BCUT2D eigenvalue weighted by molar-refractivity contribution is -0.0284. The van der Waals surface area contributed by atoms with Crippen LogP contribution in [0.3, 0.4) is 0 Å². The van der Waals surface area contributed by atoms with Gasteiger partial charge in [0.15, 0.2) is 0 Å². The molecule has 0 bridgehead atoms. The van der Waals surface area contributed by atoms with Crippen molar-refractivity contribution in [1.82, 2.24) is 4.90 Å². The van der Waals surface area contributed by atoms with Crippen LogP contribution >= 0.6 is 0 Å². The Kier molecular flexibility index (Phi) is 1.80. The Morgan fingerprint density at radius 3 is 2.31 bits per heavy atom. The van der Waals surface area contributed by atoms with E-state index < -0.39 is 5.67 Å². The number of hydrogen-bond acceptors (Lipinski definition) is 1. The molecule has 0 aromatic heterocycles. The smallest absolute Gasteiger partial charge is 0.113 e. The topological polar surface area (TPSA) is 3.24 Å². The van der Waals surface area contributed by atoms with E-state index in [1.807, 2.05) is 0 Å². The van der Waals surface area contributed by atoms with E-state index in [4.69, 9.17) is 0 Å². The number of hydrogen-bond donors (Lipinski definition) is 0. The first-order valence-electron chi connectivity index (χ1n) is 5.25. The maximum Gasteiger partial charge on any atom is 0.113 e. The first kappa shape index (κ1) is 9.45. The largest absolute Gasteiger partial charge is 0.298 e. The third-order valence-corrected chi connectivity index (χ3v) is 3.82. The number of likely N-dealkylation sites (tertiary alicyclic amines) is 1. The highest BCUT2D eigenvalue weighted by atomic mass is 19.1. The molecule has 1 nitrogen and oxygen atoms in total. The second kappa shape index (κ2) is 2.47. The summed E-state index contributed by atoms with van der Waals surface area (Å²) in [7, 11) is 0. The lowest BCUT2D eigenvalue weighted by atomic mass is 9.65. The minimum absolute atomic E-state index is 0.216. The fraction of sp³-hybridized carbons (Fsp3) is 1.00. The van der Waals surface area contributed by atoms with Crippen molar-refractivity contribution in [2.45, 2.75) is 45.3 Å². The first-order chi connectivity index (χ1) is 5.81. The number of alkyl halides is 1. The summed E-state index contributed by atoms with van der Waals surface area (Å²) in [6.45, 7) is 10.5. The summed E-state index contributed by atoms with van der Waals surface area (Å²) < 4.78 is 13.7. The minimum atomic E-state index is -0.870. The maximum absolute atomic E-state index is 13.7. The van der Waals surface area contributed by atoms with Crippen molar-refractivity contribution >= 4 is 0 Å². The lowest BCUT2D eigenvalue weighted by Crippen LogP contribution is -2.47. The molecule has 1 aliphatic carbocycles. The molecule has 2 fully saturated rings. The Hall–Kier alpha value is -0.110. The molecule has 2 heteroatoms. The van der Waals surface area contributed by atoms with E-state index in [0.717, 1.165) is 19.5 Å². The van der Waals surface area contributed by atoms with Gasteiger partial charge in [0.05, 0.1) is 0 Å². The minimum Gasteiger partial charge on any atom is -0.298 e. The summed E-state index contributed by atoms with van der Waals surface area (Å²) in [6, 6.07) is 0. The van der Waals surface area contributed by atoms with Crippen LogP contribution in [0.1, 0.15) is 34.1 Å². The van der Waals surface area contributed by atoms with E-state index in [-0.39, 0.29) is 5.54 Å². The van der Waals surface area contributed by atoms with Crippen LogP contribution in [-0.2, 0) is 0 Å². The SMILES string of the molecule is CC1(F)CC2CN(C(C)(C)C)CC21. The normalized spacial score (nSPS) is 45.9. The number of halogens is 1. The van der Waals surface area contributed by atoms with Crippen LogP contribution in [-0.4, -0.2) is 29.2 Å². The predicted octanol–water partition coefficient (Wildman–Crippen LogP) is 2.46. The van der Waals surface area contributed by atoms with Crippen molar-refractivity contribution in [3.8, 4) is 0 Å². The molecule has 1 saturated heterocycles. The highest BCUT2D eigenvalue weighted by Gasteiger charge is 2.56. The zero-order valence-corrected chi connectivity index (χ0v) is 9.10. The second-order valence-corrected chi connectivity index (χ2v) is 5.92. The molecule has 1 saturated carbocycles. The van der Waals surface area contributed by atoms with E-state index in [1.165, 1.54) is 0 Å².